The van der Waals surface area contributed by atoms with Gasteiger partial charge >= 0.3 is 0 Å². The first kappa shape index (κ1) is 17.2. The molecule has 0 unspecified atom stereocenters. The van der Waals surface area contributed by atoms with Crippen LogP contribution in [0.5, 0.6) is 0 Å². The van der Waals surface area contributed by atoms with E-state index in [0.717, 1.165) is 26.7 Å². The molecule has 2 saturated heterocycles. The van der Waals surface area contributed by atoms with Gasteiger partial charge in [-0.3, -0.25) is 0 Å². The average molecular weight is 297 g/mol. The maximum absolute atomic E-state index is 5.61. The molecule has 0 saturated carbocycles. The lowest BCUT2D eigenvalue weighted by Gasteiger charge is -2.27. The van der Waals surface area contributed by atoms with Gasteiger partial charge in [-0.25, -0.2) is 4.90 Å². The zero-order valence-corrected chi connectivity index (χ0v) is 14.1. The van der Waals surface area contributed by atoms with Crippen molar-refractivity contribution in [2.75, 3.05) is 26.7 Å². The number of rotatable bonds is 12. The van der Waals surface area contributed by atoms with Gasteiger partial charge in [0.25, 0.3) is 0 Å². The monoisotopic (exact) mass is 297 g/mol. The number of nitrogens with zero attached hydrogens (tertiary/aromatic N) is 1. The minimum absolute atomic E-state index is 0.235. The summed E-state index contributed by atoms with van der Waals surface area (Å²) in [5.41, 5.74) is 0.235. The summed E-state index contributed by atoms with van der Waals surface area (Å²) in [7, 11) is 0. The van der Waals surface area contributed by atoms with E-state index < -0.39 is 0 Å². The molecule has 21 heavy (non-hydrogen) atoms. The first-order valence-corrected chi connectivity index (χ1v) is 9.28. The second-order valence-corrected chi connectivity index (χ2v) is 7.00. The summed E-state index contributed by atoms with van der Waals surface area (Å²) in [6, 6.07) is 0. The van der Waals surface area contributed by atoms with Crippen molar-refractivity contribution in [2.45, 2.75) is 89.5 Å². The van der Waals surface area contributed by atoms with Crippen LogP contribution < -0.4 is 0 Å². The van der Waals surface area contributed by atoms with Crippen LogP contribution in [0.1, 0.15) is 84.0 Å². The van der Waals surface area contributed by atoms with Gasteiger partial charge in [-0.05, 0) is 6.42 Å². The van der Waals surface area contributed by atoms with E-state index in [4.69, 9.17) is 9.47 Å². The summed E-state index contributed by atoms with van der Waals surface area (Å²) < 4.78 is 11.2. The zero-order chi connectivity index (χ0) is 14.8. The third kappa shape index (κ3) is 5.54. The van der Waals surface area contributed by atoms with Gasteiger partial charge in [0.05, 0.1) is 18.8 Å². The Labute approximate surface area is 131 Å². The fraction of sp³-hybridized carbons (Fsp3) is 1.00. The van der Waals surface area contributed by atoms with Gasteiger partial charge in [0.1, 0.15) is 13.5 Å². The van der Waals surface area contributed by atoms with Gasteiger partial charge in [-0.1, -0.05) is 77.6 Å². The Kier molecular flexibility index (Phi) is 8.05. The molecule has 0 amide bonds. The summed E-state index contributed by atoms with van der Waals surface area (Å²) in [6.07, 6.45) is 16.8. The van der Waals surface area contributed by atoms with Gasteiger partial charge in [0.2, 0.25) is 0 Å². The Morgan fingerprint density at radius 2 is 1.19 bits per heavy atom. The molecular formula is C18H35NO2. The van der Waals surface area contributed by atoms with Gasteiger partial charge in [-0.2, -0.15) is 0 Å². The van der Waals surface area contributed by atoms with E-state index in [0.29, 0.717) is 0 Å². The van der Waals surface area contributed by atoms with Crippen molar-refractivity contribution in [1.29, 1.82) is 0 Å². The molecule has 0 aromatic carbocycles. The molecule has 3 nitrogen and oxygen atoms in total. The molecule has 2 aliphatic heterocycles. The lowest BCUT2D eigenvalue weighted by atomic mass is 9.93. The van der Waals surface area contributed by atoms with E-state index in [1.807, 2.05) is 0 Å². The Morgan fingerprint density at radius 3 is 1.71 bits per heavy atom. The van der Waals surface area contributed by atoms with Crippen LogP contribution in [0.25, 0.3) is 0 Å². The molecule has 0 spiro atoms. The van der Waals surface area contributed by atoms with Crippen LogP contribution >= 0.6 is 0 Å². The van der Waals surface area contributed by atoms with Crippen molar-refractivity contribution >= 4 is 0 Å². The molecule has 0 aliphatic carbocycles. The lowest BCUT2D eigenvalue weighted by Crippen LogP contribution is -2.42. The van der Waals surface area contributed by atoms with E-state index in [-0.39, 0.29) is 5.54 Å². The number of unbranched alkanes of at least 4 members (excludes halogenated alkanes) is 10. The number of fused-ring (bicyclic) bond motifs is 1. The van der Waals surface area contributed by atoms with Gasteiger partial charge in [0, 0.05) is 0 Å². The van der Waals surface area contributed by atoms with Gasteiger partial charge in [-0.15, -0.1) is 0 Å². The standard InChI is InChI=1S/C18H35NO2/c1-2-3-4-5-6-7-8-9-10-11-12-13-18-14-20-16-19(18)17-21-15-18/h2-17H2,1H3. The molecule has 0 bridgehead atoms. The second kappa shape index (κ2) is 9.81. The normalized spacial score (nSPS) is 21.0. The Hall–Kier alpha value is -0.120. The molecule has 124 valence electrons. The minimum atomic E-state index is 0.235. The fourth-order valence-corrected chi connectivity index (χ4v) is 3.65. The maximum Gasteiger partial charge on any atom is 0.101 e. The molecule has 2 rings (SSSR count). The summed E-state index contributed by atoms with van der Waals surface area (Å²) >= 11 is 0. The molecule has 2 fully saturated rings. The molecule has 0 atom stereocenters. The first-order chi connectivity index (χ1) is 10.4. The highest BCUT2D eigenvalue weighted by atomic mass is 16.6. The van der Waals surface area contributed by atoms with Crippen molar-refractivity contribution in [3.8, 4) is 0 Å². The van der Waals surface area contributed by atoms with Crippen LogP contribution in [0, 0.1) is 0 Å². The zero-order valence-electron chi connectivity index (χ0n) is 14.1. The van der Waals surface area contributed by atoms with Crippen LogP contribution in [0.3, 0.4) is 0 Å². The van der Waals surface area contributed by atoms with Crippen molar-refractivity contribution in [3.63, 3.8) is 0 Å². The number of hydrogen-bond acceptors (Lipinski definition) is 3. The first-order valence-electron chi connectivity index (χ1n) is 9.28. The van der Waals surface area contributed by atoms with Crippen LogP contribution in [0.2, 0.25) is 0 Å². The Morgan fingerprint density at radius 1 is 0.714 bits per heavy atom. The summed E-state index contributed by atoms with van der Waals surface area (Å²) in [6.45, 7) is 5.60. The Bertz CT molecular complexity index is 260. The van der Waals surface area contributed by atoms with Crippen molar-refractivity contribution in [1.82, 2.24) is 4.90 Å². The van der Waals surface area contributed by atoms with Crippen molar-refractivity contribution < 1.29 is 9.47 Å². The highest BCUT2D eigenvalue weighted by Crippen LogP contribution is 2.33. The van der Waals surface area contributed by atoms with E-state index in [1.165, 1.54) is 77.0 Å². The Balaban J connectivity index is 1.39. The van der Waals surface area contributed by atoms with Crippen LogP contribution in [-0.4, -0.2) is 37.1 Å². The lowest BCUT2D eigenvalue weighted by molar-refractivity contribution is 0.0695. The van der Waals surface area contributed by atoms with Gasteiger partial charge < -0.3 is 9.47 Å². The summed E-state index contributed by atoms with van der Waals surface area (Å²) in [5.74, 6) is 0. The number of hydrogen-bond donors (Lipinski definition) is 0. The third-order valence-electron chi connectivity index (χ3n) is 5.15. The molecule has 2 heterocycles. The SMILES string of the molecule is CCCCCCCCCCCCCC12COCN1COC2. The van der Waals surface area contributed by atoms with Crippen LogP contribution in [0.15, 0.2) is 0 Å². The van der Waals surface area contributed by atoms with Gasteiger partial charge in [0.15, 0.2) is 0 Å². The largest absolute Gasteiger partial charge is 0.364 e. The predicted molar refractivity (Wildman–Crippen MR) is 87.3 cm³/mol. The smallest absolute Gasteiger partial charge is 0.101 e. The quantitative estimate of drug-likeness (QED) is 0.487. The topological polar surface area (TPSA) is 21.7 Å². The van der Waals surface area contributed by atoms with Crippen molar-refractivity contribution in [3.05, 3.63) is 0 Å². The second-order valence-electron chi connectivity index (χ2n) is 7.00. The highest BCUT2D eigenvalue weighted by Gasteiger charge is 2.45. The average Bonchev–Trinajstić information content (AvgIpc) is 3.04. The minimum Gasteiger partial charge on any atom is -0.364 e. The van der Waals surface area contributed by atoms with Crippen LogP contribution in [0.4, 0.5) is 0 Å². The third-order valence-corrected chi connectivity index (χ3v) is 5.15. The van der Waals surface area contributed by atoms with E-state index >= 15 is 0 Å². The fourth-order valence-electron chi connectivity index (χ4n) is 3.65. The molecule has 0 radical (unpaired) electrons. The van der Waals surface area contributed by atoms with E-state index in [1.54, 1.807) is 0 Å². The highest BCUT2D eigenvalue weighted by molar-refractivity contribution is 4.95. The predicted octanol–water partition coefficient (Wildman–Crippen LogP) is 4.70. The molecule has 2 aliphatic rings. The number of ether oxygens (including phenoxy) is 2. The maximum atomic E-state index is 5.61. The summed E-state index contributed by atoms with van der Waals surface area (Å²) in [5, 5.41) is 0. The van der Waals surface area contributed by atoms with Crippen LogP contribution in [-0.2, 0) is 9.47 Å². The molecular weight excluding hydrogens is 262 g/mol. The van der Waals surface area contributed by atoms with Crippen molar-refractivity contribution in [2.24, 2.45) is 0 Å². The molecule has 3 heteroatoms. The van der Waals surface area contributed by atoms with E-state index in [2.05, 4.69) is 11.8 Å². The van der Waals surface area contributed by atoms with E-state index in [9.17, 15) is 0 Å². The molecule has 0 aromatic rings. The molecule has 0 aromatic heterocycles. The summed E-state index contributed by atoms with van der Waals surface area (Å²) in [4.78, 5) is 2.38. The molecule has 0 N–H and O–H groups in total.